The van der Waals surface area contributed by atoms with Gasteiger partial charge in [-0.15, -0.1) is 0 Å². The predicted molar refractivity (Wildman–Crippen MR) is 110 cm³/mol. The van der Waals surface area contributed by atoms with E-state index in [-0.39, 0.29) is 12.6 Å². The summed E-state index contributed by atoms with van der Waals surface area (Å²) in [6, 6.07) is 6.68. The zero-order chi connectivity index (χ0) is 20.7. The zero-order valence-electron chi connectivity index (χ0n) is 17.7. The normalized spacial score (nSPS) is 20.3. The second-order valence-corrected chi connectivity index (χ2v) is 7.73. The fourth-order valence-electron chi connectivity index (χ4n) is 4.94. The van der Waals surface area contributed by atoms with E-state index in [1.165, 1.54) is 11.1 Å². The van der Waals surface area contributed by atoms with Crippen LogP contribution in [0.4, 0.5) is 0 Å². The van der Waals surface area contributed by atoms with Gasteiger partial charge in [-0.05, 0) is 48.6 Å². The van der Waals surface area contributed by atoms with Gasteiger partial charge >= 0.3 is 0 Å². The number of methoxy groups -OCH3 is 4. The van der Waals surface area contributed by atoms with Crippen LogP contribution in [0.15, 0.2) is 18.2 Å². The van der Waals surface area contributed by atoms with Crippen LogP contribution >= 0.6 is 0 Å². The summed E-state index contributed by atoms with van der Waals surface area (Å²) < 4.78 is 22.3. The number of rotatable bonds is 5. The van der Waals surface area contributed by atoms with Gasteiger partial charge in [-0.1, -0.05) is 0 Å². The highest BCUT2D eigenvalue weighted by atomic mass is 16.5. The molecule has 0 aliphatic carbocycles. The summed E-state index contributed by atoms with van der Waals surface area (Å²) in [6.45, 7) is 2.98. The molecule has 2 aromatic carbocycles. The number of aliphatic hydroxyl groups excluding tert-OH is 1. The maximum Gasteiger partial charge on any atom is 0.161 e. The van der Waals surface area contributed by atoms with Crippen LogP contribution < -0.4 is 18.9 Å². The molecule has 0 unspecified atom stereocenters. The number of ether oxygens (including phenoxy) is 4. The Morgan fingerprint density at radius 3 is 2.14 bits per heavy atom. The molecular weight excluding hydrogens is 370 g/mol. The van der Waals surface area contributed by atoms with Crippen molar-refractivity contribution in [3.63, 3.8) is 0 Å². The molecular formula is C23H29NO5. The van der Waals surface area contributed by atoms with Crippen molar-refractivity contribution in [3.8, 4) is 23.0 Å². The molecule has 29 heavy (non-hydrogen) atoms. The van der Waals surface area contributed by atoms with Crippen molar-refractivity contribution in [2.75, 3.05) is 28.4 Å². The average Bonchev–Trinajstić information content (AvgIpc) is 2.76. The van der Waals surface area contributed by atoms with E-state index in [0.29, 0.717) is 11.8 Å². The molecule has 2 heterocycles. The Morgan fingerprint density at radius 2 is 1.52 bits per heavy atom. The third kappa shape index (κ3) is 3.11. The first-order valence-corrected chi connectivity index (χ1v) is 9.93. The fraction of sp³-hybridized carbons (Fsp3) is 0.478. The Kier molecular flexibility index (Phi) is 5.32. The lowest BCUT2D eigenvalue weighted by atomic mass is 9.79. The van der Waals surface area contributed by atoms with Gasteiger partial charge in [0.2, 0.25) is 0 Å². The first kappa shape index (κ1) is 19.9. The molecule has 0 bridgehead atoms. The number of nitrogens with zero attached hydrogens (tertiary/aromatic N) is 1. The number of fused-ring (bicyclic) bond motifs is 4. The molecule has 2 aromatic rings. The molecule has 0 aromatic heterocycles. The molecule has 6 nitrogen and oxygen atoms in total. The van der Waals surface area contributed by atoms with Gasteiger partial charge in [-0.3, -0.25) is 4.90 Å². The van der Waals surface area contributed by atoms with Crippen molar-refractivity contribution in [2.24, 2.45) is 0 Å². The van der Waals surface area contributed by atoms with E-state index in [0.717, 1.165) is 53.3 Å². The van der Waals surface area contributed by atoms with Gasteiger partial charge in [0.1, 0.15) is 11.5 Å². The summed E-state index contributed by atoms with van der Waals surface area (Å²) in [5, 5.41) is 10.1. The molecule has 6 heteroatoms. The van der Waals surface area contributed by atoms with Crippen molar-refractivity contribution in [3.05, 3.63) is 46.0 Å². The summed E-state index contributed by atoms with van der Waals surface area (Å²) in [7, 11) is 6.66. The largest absolute Gasteiger partial charge is 0.496 e. The number of benzene rings is 2. The van der Waals surface area contributed by atoms with Crippen LogP contribution in [0, 0.1) is 0 Å². The SMILES string of the molecule is COc1cc2c(cc1OC)[C@@H]1Cc3c(CO)c(OC)cc(OC)c3CN1[C@@H](C)C2. The lowest BCUT2D eigenvalue weighted by molar-refractivity contribution is 0.103. The van der Waals surface area contributed by atoms with E-state index in [1.54, 1.807) is 28.4 Å². The van der Waals surface area contributed by atoms with E-state index in [1.807, 2.05) is 6.07 Å². The highest BCUT2D eigenvalue weighted by Gasteiger charge is 2.39. The Balaban J connectivity index is 1.87. The van der Waals surface area contributed by atoms with E-state index >= 15 is 0 Å². The Labute approximate surface area is 171 Å². The molecule has 2 aliphatic rings. The van der Waals surface area contributed by atoms with Crippen molar-refractivity contribution < 1.29 is 24.1 Å². The topological polar surface area (TPSA) is 60.4 Å². The molecule has 2 atom stereocenters. The standard InChI is InChI=1S/C23H29NO5/c1-13-6-14-7-22(28-4)23(29-5)9-15(14)19-8-16-17(11-24(13)19)20(26-2)10-21(27-3)18(16)12-25/h7,9-10,13,19,25H,6,8,11-12H2,1-5H3/t13-,19-/m0/s1. The highest BCUT2D eigenvalue weighted by molar-refractivity contribution is 5.56. The lowest BCUT2D eigenvalue weighted by Crippen LogP contribution is -2.45. The van der Waals surface area contributed by atoms with Crippen molar-refractivity contribution in [2.45, 2.75) is 45.0 Å². The summed E-state index contributed by atoms with van der Waals surface area (Å²) in [6.07, 6.45) is 1.73. The van der Waals surface area contributed by atoms with Gasteiger partial charge in [0.05, 0.1) is 35.0 Å². The first-order chi connectivity index (χ1) is 14.1. The molecule has 2 aliphatic heterocycles. The van der Waals surface area contributed by atoms with Gasteiger partial charge in [0.15, 0.2) is 11.5 Å². The minimum atomic E-state index is -0.0590. The van der Waals surface area contributed by atoms with E-state index in [2.05, 4.69) is 24.0 Å². The van der Waals surface area contributed by atoms with Crippen LogP contribution in [0.3, 0.4) is 0 Å². The van der Waals surface area contributed by atoms with Gasteiger partial charge in [-0.25, -0.2) is 0 Å². The summed E-state index contributed by atoms with van der Waals surface area (Å²) in [5.74, 6) is 3.01. The summed E-state index contributed by atoms with van der Waals surface area (Å²) in [4.78, 5) is 2.52. The van der Waals surface area contributed by atoms with Gasteiger partial charge in [-0.2, -0.15) is 0 Å². The van der Waals surface area contributed by atoms with Crippen molar-refractivity contribution in [1.82, 2.24) is 4.90 Å². The predicted octanol–water partition coefficient (Wildman–Crippen LogP) is 3.26. The average molecular weight is 399 g/mol. The molecule has 0 saturated heterocycles. The lowest BCUT2D eigenvalue weighted by Gasteiger charge is -2.46. The molecule has 0 saturated carbocycles. The van der Waals surface area contributed by atoms with Crippen molar-refractivity contribution in [1.29, 1.82) is 0 Å². The number of aliphatic hydroxyl groups is 1. The second-order valence-electron chi connectivity index (χ2n) is 7.73. The second kappa shape index (κ2) is 7.76. The number of hydrogen-bond acceptors (Lipinski definition) is 6. The minimum Gasteiger partial charge on any atom is -0.496 e. The molecule has 0 spiro atoms. The minimum absolute atomic E-state index is 0.0590. The third-order valence-corrected chi connectivity index (χ3v) is 6.41. The molecule has 4 rings (SSSR count). The Morgan fingerprint density at radius 1 is 0.862 bits per heavy atom. The summed E-state index contributed by atoms with van der Waals surface area (Å²) in [5.41, 5.74) is 5.67. The van der Waals surface area contributed by atoms with E-state index < -0.39 is 0 Å². The Hall–Kier alpha value is -2.44. The number of hydrogen-bond donors (Lipinski definition) is 1. The fourth-order valence-corrected chi connectivity index (χ4v) is 4.94. The van der Waals surface area contributed by atoms with Crippen LogP contribution in [0.5, 0.6) is 23.0 Å². The van der Waals surface area contributed by atoms with Crippen LogP contribution in [-0.4, -0.2) is 44.5 Å². The van der Waals surface area contributed by atoms with Crippen LogP contribution in [0.2, 0.25) is 0 Å². The van der Waals surface area contributed by atoms with Gasteiger partial charge < -0.3 is 24.1 Å². The highest BCUT2D eigenvalue weighted by Crippen LogP contribution is 2.47. The van der Waals surface area contributed by atoms with Crippen LogP contribution in [0.25, 0.3) is 0 Å². The molecule has 0 amide bonds. The third-order valence-electron chi connectivity index (χ3n) is 6.41. The quantitative estimate of drug-likeness (QED) is 0.833. The van der Waals surface area contributed by atoms with E-state index in [4.69, 9.17) is 18.9 Å². The molecule has 1 N–H and O–H groups in total. The maximum absolute atomic E-state index is 10.1. The first-order valence-electron chi connectivity index (χ1n) is 9.93. The molecule has 0 radical (unpaired) electrons. The van der Waals surface area contributed by atoms with Crippen molar-refractivity contribution >= 4 is 0 Å². The maximum atomic E-state index is 10.1. The van der Waals surface area contributed by atoms with Crippen LogP contribution in [0.1, 0.15) is 40.8 Å². The Bertz CT molecular complexity index is 926. The van der Waals surface area contributed by atoms with Gasteiger partial charge in [0, 0.05) is 35.8 Å². The van der Waals surface area contributed by atoms with Gasteiger partial charge in [0.25, 0.3) is 0 Å². The monoisotopic (exact) mass is 399 g/mol. The van der Waals surface area contributed by atoms with Crippen LogP contribution in [-0.2, 0) is 26.0 Å². The molecule has 156 valence electrons. The molecule has 0 fully saturated rings. The summed E-state index contributed by atoms with van der Waals surface area (Å²) >= 11 is 0. The zero-order valence-corrected chi connectivity index (χ0v) is 17.7. The smallest absolute Gasteiger partial charge is 0.161 e. The van der Waals surface area contributed by atoms with E-state index in [9.17, 15) is 5.11 Å².